The molecule has 0 unspecified atom stereocenters. The summed E-state index contributed by atoms with van der Waals surface area (Å²) < 4.78 is 1.86. The molecule has 0 atom stereocenters. The molecule has 0 saturated heterocycles. The molecule has 2 aromatic heterocycles. The van der Waals surface area contributed by atoms with Crippen LogP contribution in [0.5, 0.6) is 0 Å². The van der Waals surface area contributed by atoms with Crippen LogP contribution in [0.3, 0.4) is 0 Å². The van der Waals surface area contributed by atoms with E-state index < -0.39 is 0 Å². The summed E-state index contributed by atoms with van der Waals surface area (Å²) in [6.45, 7) is 2.52. The monoisotopic (exact) mass is 454 g/mol. The van der Waals surface area contributed by atoms with E-state index in [4.69, 9.17) is 11.6 Å². The van der Waals surface area contributed by atoms with Gasteiger partial charge in [0, 0.05) is 28.4 Å². The lowest BCUT2D eigenvalue weighted by atomic mass is 10.1. The number of hydrogen-bond donors (Lipinski definition) is 1. The molecule has 1 N–H and O–H groups in total. The van der Waals surface area contributed by atoms with Crippen LogP contribution >= 0.6 is 11.6 Å². The van der Waals surface area contributed by atoms with Gasteiger partial charge in [-0.3, -0.25) is 14.0 Å². The van der Waals surface area contributed by atoms with E-state index in [1.54, 1.807) is 23.2 Å². The van der Waals surface area contributed by atoms with Crippen LogP contribution in [0.1, 0.15) is 21.5 Å². The van der Waals surface area contributed by atoms with E-state index in [1.165, 1.54) is 0 Å². The Morgan fingerprint density at radius 3 is 2.70 bits per heavy atom. The van der Waals surface area contributed by atoms with Gasteiger partial charge in [-0.1, -0.05) is 41.9 Å². The number of benzene rings is 3. The van der Waals surface area contributed by atoms with Gasteiger partial charge in [-0.05, 0) is 54.8 Å². The molecular weight excluding hydrogens is 436 g/mol. The highest BCUT2D eigenvalue weighted by Gasteiger charge is 2.27. The standard InChI is InChI=1S/C26H19ClN4O2/c1-15-11-22-20(13-19(15)26(33)30-10-9-17-12-18(27)7-8-21(17)30)29-25(32)23-14-28-24(31(22)23)16-5-3-2-4-6-16/h2-8,11-14H,9-10H2,1H3,(H,29,32). The molecule has 0 saturated carbocycles. The van der Waals surface area contributed by atoms with E-state index in [0.717, 1.165) is 34.3 Å². The summed E-state index contributed by atoms with van der Waals surface area (Å²) in [6, 6.07) is 19.1. The van der Waals surface area contributed by atoms with Gasteiger partial charge < -0.3 is 9.88 Å². The molecule has 0 bridgehead atoms. The number of aromatic amines is 1. The minimum Gasteiger partial charge on any atom is -0.319 e. The first-order valence-corrected chi connectivity index (χ1v) is 11.1. The van der Waals surface area contributed by atoms with Crippen LogP contribution in [0, 0.1) is 6.92 Å². The number of anilines is 1. The molecule has 0 fully saturated rings. The molecule has 33 heavy (non-hydrogen) atoms. The average Bonchev–Trinajstić information content (AvgIpc) is 3.44. The molecule has 6 rings (SSSR count). The second-order valence-electron chi connectivity index (χ2n) is 8.29. The molecule has 7 heteroatoms. The Labute approximate surface area is 194 Å². The summed E-state index contributed by atoms with van der Waals surface area (Å²) in [5.41, 5.74) is 5.85. The maximum Gasteiger partial charge on any atom is 0.274 e. The highest BCUT2D eigenvalue weighted by molar-refractivity contribution is 6.30. The Hall–Kier alpha value is -3.90. The van der Waals surface area contributed by atoms with Gasteiger partial charge in [-0.25, -0.2) is 4.98 Å². The highest BCUT2D eigenvalue weighted by Crippen LogP contribution is 2.33. The Morgan fingerprint density at radius 2 is 1.88 bits per heavy atom. The average molecular weight is 455 g/mol. The Bertz CT molecular complexity index is 1640. The molecule has 3 heterocycles. The SMILES string of the molecule is Cc1cc2c(cc1C(=O)N1CCc3cc(Cl)ccc31)[nH]c(=O)c1cnc(-c3ccccc3)n12. The van der Waals surface area contributed by atoms with E-state index in [9.17, 15) is 9.59 Å². The van der Waals surface area contributed by atoms with Crippen molar-refractivity contribution in [1.29, 1.82) is 0 Å². The first-order valence-electron chi connectivity index (χ1n) is 10.7. The van der Waals surface area contributed by atoms with E-state index in [1.807, 2.05) is 59.9 Å². The van der Waals surface area contributed by atoms with Gasteiger partial charge in [0.1, 0.15) is 11.3 Å². The van der Waals surface area contributed by atoms with Crippen LogP contribution < -0.4 is 10.5 Å². The Morgan fingerprint density at radius 1 is 1.06 bits per heavy atom. The molecule has 1 amide bonds. The van der Waals surface area contributed by atoms with Crippen molar-refractivity contribution in [2.75, 3.05) is 11.4 Å². The summed E-state index contributed by atoms with van der Waals surface area (Å²) >= 11 is 6.12. The first kappa shape index (κ1) is 19.8. The third-order valence-corrected chi connectivity index (χ3v) is 6.51. The summed E-state index contributed by atoms with van der Waals surface area (Å²) in [4.78, 5) is 35.6. The third kappa shape index (κ3) is 3.06. The maximum absolute atomic E-state index is 13.5. The van der Waals surface area contributed by atoms with Gasteiger partial charge >= 0.3 is 0 Å². The van der Waals surface area contributed by atoms with Crippen LogP contribution in [0.15, 0.2) is 71.7 Å². The molecule has 162 valence electrons. The summed E-state index contributed by atoms with van der Waals surface area (Å²) in [7, 11) is 0. The Balaban J connectivity index is 1.52. The van der Waals surface area contributed by atoms with Crippen LogP contribution in [-0.2, 0) is 6.42 Å². The van der Waals surface area contributed by atoms with Crippen molar-refractivity contribution >= 4 is 39.7 Å². The topological polar surface area (TPSA) is 70.5 Å². The molecule has 6 nitrogen and oxygen atoms in total. The van der Waals surface area contributed by atoms with Crippen molar-refractivity contribution < 1.29 is 4.79 Å². The first-order chi connectivity index (χ1) is 16.0. The molecule has 1 aliphatic rings. The van der Waals surface area contributed by atoms with Gasteiger partial charge in [0.15, 0.2) is 0 Å². The van der Waals surface area contributed by atoms with Gasteiger partial charge in [0.05, 0.1) is 17.2 Å². The predicted octanol–water partition coefficient (Wildman–Crippen LogP) is 5.01. The number of carbonyl (C=O) groups is 1. The molecule has 0 aliphatic carbocycles. The number of amides is 1. The molecule has 5 aromatic rings. The molecule has 1 aliphatic heterocycles. The van der Waals surface area contributed by atoms with E-state index in [2.05, 4.69) is 9.97 Å². The van der Waals surface area contributed by atoms with Crippen molar-refractivity contribution in [1.82, 2.24) is 14.4 Å². The van der Waals surface area contributed by atoms with E-state index in [-0.39, 0.29) is 11.5 Å². The zero-order valence-electron chi connectivity index (χ0n) is 17.8. The number of rotatable bonds is 2. The number of fused-ring (bicyclic) bond motifs is 4. The lowest BCUT2D eigenvalue weighted by Crippen LogP contribution is -2.29. The van der Waals surface area contributed by atoms with Crippen LogP contribution in [-0.4, -0.2) is 26.8 Å². The fourth-order valence-corrected chi connectivity index (χ4v) is 4.86. The van der Waals surface area contributed by atoms with Gasteiger partial charge in [-0.15, -0.1) is 0 Å². The summed E-state index contributed by atoms with van der Waals surface area (Å²) in [5, 5.41) is 0.668. The normalized spacial score (nSPS) is 13.1. The lowest BCUT2D eigenvalue weighted by molar-refractivity contribution is 0.0989. The second kappa shape index (κ2) is 7.32. The van der Waals surface area contributed by atoms with Crippen molar-refractivity contribution in [3.05, 3.63) is 98.9 Å². The van der Waals surface area contributed by atoms with Gasteiger partial charge in [-0.2, -0.15) is 0 Å². The van der Waals surface area contributed by atoms with E-state index >= 15 is 0 Å². The zero-order valence-corrected chi connectivity index (χ0v) is 18.6. The molecule has 0 spiro atoms. The quantitative estimate of drug-likeness (QED) is 0.407. The molecule has 3 aromatic carbocycles. The third-order valence-electron chi connectivity index (χ3n) is 6.27. The number of nitrogens with zero attached hydrogens (tertiary/aromatic N) is 3. The number of nitrogens with one attached hydrogen (secondary N) is 1. The summed E-state index contributed by atoms with van der Waals surface area (Å²) in [6.07, 6.45) is 2.35. The predicted molar refractivity (Wildman–Crippen MR) is 130 cm³/mol. The highest BCUT2D eigenvalue weighted by atomic mass is 35.5. The van der Waals surface area contributed by atoms with E-state index in [0.29, 0.717) is 34.0 Å². The minimum atomic E-state index is -0.249. The van der Waals surface area contributed by atoms with Crippen molar-refractivity contribution in [3.63, 3.8) is 0 Å². The lowest BCUT2D eigenvalue weighted by Gasteiger charge is -2.19. The van der Waals surface area contributed by atoms with Crippen molar-refractivity contribution in [2.45, 2.75) is 13.3 Å². The molecular formula is C26H19ClN4O2. The maximum atomic E-state index is 13.5. The van der Waals surface area contributed by atoms with Crippen molar-refractivity contribution in [2.24, 2.45) is 0 Å². The fraction of sp³-hybridized carbons (Fsp3) is 0.115. The summed E-state index contributed by atoms with van der Waals surface area (Å²) in [5.74, 6) is 0.593. The number of aromatic nitrogens is 3. The zero-order chi connectivity index (χ0) is 22.7. The number of carbonyl (C=O) groups excluding carboxylic acids is 1. The number of halogens is 1. The number of imidazole rings is 1. The van der Waals surface area contributed by atoms with Gasteiger partial charge in [0.25, 0.3) is 11.5 Å². The van der Waals surface area contributed by atoms with Gasteiger partial charge in [0.2, 0.25) is 0 Å². The molecule has 0 radical (unpaired) electrons. The number of aryl methyl sites for hydroxylation is 1. The van der Waals surface area contributed by atoms with Crippen molar-refractivity contribution in [3.8, 4) is 11.4 Å². The van der Waals surface area contributed by atoms with Crippen LogP contribution in [0.25, 0.3) is 27.9 Å². The largest absolute Gasteiger partial charge is 0.319 e. The second-order valence-corrected chi connectivity index (χ2v) is 8.72. The smallest absolute Gasteiger partial charge is 0.274 e. The van der Waals surface area contributed by atoms with Crippen LogP contribution in [0.4, 0.5) is 5.69 Å². The number of hydrogen-bond acceptors (Lipinski definition) is 3. The minimum absolute atomic E-state index is 0.0923. The number of H-pyrrole nitrogens is 1. The van der Waals surface area contributed by atoms with Crippen LogP contribution in [0.2, 0.25) is 5.02 Å². The Kier molecular flexibility index (Phi) is 4.38. The fourth-order valence-electron chi connectivity index (χ4n) is 4.67.